The molecule has 2 aromatic carbocycles. The van der Waals surface area contributed by atoms with Crippen molar-refractivity contribution in [3.63, 3.8) is 0 Å². The Hall–Kier alpha value is -2.75. The van der Waals surface area contributed by atoms with E-state index < -0.39 is 12.3 Å². The Balaban J connectivity index is 1.92. The normalized spacial score (nSPS) is 11.3. The number of benzene rings is 2. The summed E-state index contributed by atoms with van der Waals surface area (Å²) in [5, 5.41) is 0. The van der Waals surface area contributed by atoms with Gasteiger partial charge in [-0.25, -0.2) is 4.79 Å². The van der Waals surface area contributed by atoms with Gasteiger partial charge in [0.05, 0.1) is 13.0 Å². The molecule has 1 unspecified atom stereocenters. The number of ether oxygens (including phenoxy) is 3. The lowest BCUT2D eigenvalue weighted by atomic mass is 10.3. The Morgan fingerprint density at radius 3 is 2.13 bits per heavy atom. The van der Waals surface area contributed by atoms with Crippen molar-refractivity contribution < 1.29 is 19.0 Å². The quantitative estimate of drug-likeness (QED) is 0.420. The Kier molecular flexibility index (Phi) is 6.24. The van der Waals surface area contributed by atoms with Crippen LogP contribution in [-0.2, 0) is 9.53 Å². The summed E-state index contributed by atoms with van der Waals surface area (Å²) in [4.78, 5) is 11.7. The van der Waals surface area contributed by atoms with Crippen LogP contribution in [0.2, 0.25) is 0 Å². The summed E-state index contributed by atoms with van der Waals surface area (Å²) < 4.78 is 16.6. The number of para-hydroxylation sites is 2. The van der Waals surface area contributed by atoms with Gasteiger partial charge in [-0.3, -0.25) is 0 Å². The molecule has 1 atom stereocenters. The molecular weight excluding hydrogens is 292 g/mol. The van der Waals surface area contributed by atoms with Gasteiger partial charge in [0.1, 0.15) is 11.5 Å². The van der Waals surface area contributed by atoms with Crippen LogP contribution in [-0.4, -0.2) is 18.9 Å². The van der Waals surface area contributed by atoms with Crippen molar-refractivity contribution in [3.8, 4) is 11.5 Å². The van der Waals surface area contributed by atoms with Crippen molar-refractivity contribution in [1.29, 1.82) is 0 Å². The summed E-state index contributed by atoms with van der Waals surface area (Å²) in [7, 11) is 0. The van der Waals surface area contributed by atoms with Crippen molar-refractivity contribution in [1.82, 2.24) is 0 Å². The molecule has 0 aromatic heterocycles. The van der Waals surface area contributed by atoms with Crippen LogP contribution < -0.4 is 9.47 Å². The van der Waals surface area contributed by atoms with Crippen LogP contribution in [0.15, 0.2) is 72.8 Å². The first-order valence-electron chi connectivity index (χ1n) is 7.41. The fourth-order valence-electron chi connectivity index (χ4n) is 1.80. The fourth-order valence-corrected chi connectivity index (χ4v) is 1.80. The molecule has 4 heteroatoms. The summed E-state index contributed by atoms with van der Waals surface area (Å²) in [6, 6.07) is 18.7. The van der Waals surface area contributed by atoms with Crippen LogP contribution in [0.4, 0.5) is 0 Å². The van der Waals surface area contributed by atoms with Gasteiger partial charge in [0.25, 0.3) is 0 Å². The van der Waals surface area contributed by atoms with Gasteiger partial charge in [-0.2, -0.15) is 0 Å². The van der Waals surface area contributed by atoms with Gasteiger partial charge in [0.15, 0.2) is 0 Å². The minimum absolute atomic E-state index is 0.329. The highest BCUT2D eigenvalue weighted by atomic mass is 16.7. The average molecular weight is 312 g/mol. The van der Waals surface area contributed by atoms with E-state index in [1.54, 1.807) is 19.1 Å². The fraction of sp³-hybridized carbons (Fsp3) is 0.211. The van der Waals surface area contributed by atoms with E-state index in [1.807, 2.05) is 48.5 Å². The monoisotopic (exact) mass is 312 g/mol. The lowest BCUT2D eigenvalue weighted by Crippen LogP contribution is -2.26. The first-order valence-corrected chi connectivity index (χ1v) is 7.41. The first-order chi connectivity index (χ1) is 11.1. The second kappa shape index (κ2) is 8.63. The maximum absolute atomic E-state index is 11.7. The van der Waals surface area contributed by atoms with E-state index in [9.17, 15) is 4.79 Å². The van der Waals surface area contributed by atoms with Crippen molar-refractivity contribution >= 4 is 5.97 Å². The molecule has 0 aliphatic rings. The van der Waals surface area contributed by atoms with E-state index in [0.717, 1.165) is 5.75 Å². The summed E-state index contributed by atoms with van der Waals surface area (Å²) in [5.74, 6) is 0.912. The smallest absolute Gasteiger partial charge is 0.336 e. The standard InChI is InChI=1S/C19H20O4/c1-15(2)19(20)23-18(22-17-11-7-4-8-12-17)13-14-21-16-9-5-3-6-10-16/h3-12,18H,1,13-14H2,2H3. The van der Waals surface area contributed by atoms with Gasteiger partial charge in [0, 0.05) is 5.57 Å². The molecule has 0 saturated carbocycles. The second-order valence-electron chi connectivity index (χ2n) is 5.00. The van der Waals surface area contributed by atoms with Gasteiger partial charge < -0.3 is 14.2 Å². The number of rotatable bonds is 8. The molecular formula is C19H20O4. The van der Waals surface area contributed by atoms with Crippen LogP contribution in [0.3, 0.4) is 0 Å². The van der Waals surface area contributed by atoms with Crippen molar-refractivity contribution in [2.45, 2.75) is 19.6 Å². The zero-order valence-corrected chi connectivity index (χ0v) is 13.1. The minimum atomic E-state index is -0.731. The molecule has 0 saturated heterocycles. The number of carbonyl (C=O) groups excluding carboxylic acids is 1. The Bertz CT molecular complexity index is 622. The van der Waals surface area contributed by atoms with Crippen LogP contribution in [0.25, 0.3) is 0 Å². The highest BCUT2D eigenvalue weighted by molar-refractivity contribution is 5.87. The number of hydrogen-bond acceptors (Lipinski definition) is 4. The zero-order valence-electron chi connectivity index (χ0n) is 13.1. The second-order valence-corrected chi connectivity index (χ2v) is 5.00. The number of carbonyl (C=O) groups is 1. The van der Waals surface area contributed by atoms with Gasteiger partial charge in [-0.15, -0.1) is 0 Å². The number of esters is 1. The molecule has 0 bridgehead atoms. The van der Waals surface area contributed by atoms with E-state index >= 15 is 0 Å². The van der Waals surface area contributed by atoms with Crippen molar-refractivity contribution in [3.05, 3.63) is 72.8 Å². The van der Waals surface area contributed by atoms with Crippen molar-refractivity contribution in [2.75, 3.05) is 6.61 Å². The molecule has 0 fully saturated rings. The largest absolute Gasteiger partial charge is 0.493 e. The molecule has 0 aliphatic carbocycles. The third-order valence-corrected chi connectivity index (χ3v) is 2.96. The molecule has 2 aromatic rings. The topological polar surface area (TPSA) is 44.8 Å². The highest BCUT2D eigenvalue weighted by Crippen LogP contribution is 2.15. The molecule has 0 aliphatic heterocycles. The van der Waals surface area contributed by atoms with E-state index in [1.165, 1.54) is 0 Å². The Morgan fingerprint density at radius 2 is 1.57 bits per heavy atom. The highest BCUT2D eigenvalue weighted by Gasteiger charge is 2.17. The zero-order chi connectivity index (χ0) is 16.5. The lowest BCUT2D eigenvalue weighted by molar-refractivity contribution is -0.160. The maximum Gasteiger partial charge on any atom is 0.336 e. The van der Waals surface area contributed by atoms with Crippen LogP contribution >= 0.6 is 0 Å². The maximum atomic E-state index is 11.7. The summed E-state index contributed by atoms with van der Waals surface area (Å²) >= 11 is 0. The van der Waals surface area contributed by atoms with Crippen LogP contribution in [0.5, 0.6) is 11.5 Å². The third kappa shape index (κ3) is 5.87. The van der Waals surface area contributed by atoms with Gasteiger partial charge >= 0.3 is 5.97 Å². The molecule has 120 valence electrons. The third-order valence-electron chi connectivity index (χ3n) is 2.96. The average Bonchev–Trinajstić information content (AvgIpc) is 2.56. The van der Waals surface area contributed by atoms with Crippen LogP contribution in [0.1, 0.15) is 13.3 Å². The van der Waals surface area contributed by atoms with Crippen LogP contribution in [0, 0.1) is 0 Å². The van der Waals surface area contributed by atoms with E-state index in [-0.39, 0.29) is 0 Å². The molecule has 4 nitrogen and oxygen atoms in total. The summed E-state index contributed by atoms with van der Waals surface area (Å²) in [6.07, 6.45) is -0.326. The summed E-state index contributed by atoms with van der Waals surface area (Å²) in [6.45, 7) is 5.55. The molecule has 0 radical (unpaired) electrons. The molecule has 0 N–H and O–H groups in total. The molecule has 0 heterocycles. The van der Waals surface area contributed by atoms with Gasteiger partial charge in [0.2, 0.25) is 6.29 Å². The van der Waals surface area contributed by atoms with Crippen molar-refractivity contribution in [2.24, 2.45) is 0 Å². The van der Waals surface area contributed by atoms with Gasteiger partial charge in [-0.05, 0) is 31.2 Å². The number of hydrogen-bond donors (Lipinski definition) is 0. The predicted octanol–water partition coefficient (Wildman–Crippen LogP) is 3.98. The van der Waals surface area contributed by atoms with E-state index in [4.69, 9.17) is 14.2 Å². The minimum Gasteiger partial charge on any atom is -0.493 e. The Labute approximate surface area is 136 Å². The Morgan fingerprint density at radius 1 is 1.00 bits per heavy atom. The van der Waals surface area contributed by atoms with E-state index in [0.29, 0.717) is 24.4 Å². The molecule has 23 heavy (non-hydrogen) atoms. The molecule has 0 amide bonds. The van der Waals surface area contributed by atoms with Gasteiger partial charge in [-0.1, -0.05) is 43.0 Å². The summed E-state index contributed by atoms with van der Waals surface area (Å²) in [5.41, 5.74) is 0.329. The predicted molar refractivity (Wildman–Crippen MR) is 88.3 cm³/mol. The first kappa shape index (κ1) is 16.6. The molecule has 2 rings (SSSR count). The van der Waals surface area contributed by atoms with E-state index in [2.05, 4.69) is 6.58 Å². The lowest BCUT2D eigenvalue weighted by Gasteiger charge is -2.19. The SMILES string of the molecule is C=C(C)C(=O)OC(CCOc1ccccc1)Oc1ccccc1. The molecule has 0 spiro atoms.